The molecule has 102 valence electrons. The van der Waals surface area contributed by atoms with Crippen LogP contribution in [0.3, 0.4) is 0 Å². The standard InChI is InChI=1S/C15H13BrN2OS/c1-2-10-20-13-8-4-3-7-12(13)18-15(19)14-11(16)6-5-9-17-14/h2-9H,1,10H2,(H,18,19). The number of carbonyl (C=O) groups is 1. The number of amides is 1. The van der Waals surface area contributed by atoms with Gasteiger partial charge in [-0.05, 0) is 40.2 Å². The predicted molar refractivity (Wildman–Crippen MR) is 87.3 cm³/mol. The molecule has 1 N–H and O–H groups in total. The molecule has 0 unspecified atom stereocenters. The van der Waals surface area contributed by atoms with Crippen LogP contribution in [0.4, 0.5) is 5.69 Å². The van der Waals surface area contributed by atoms with E-state index in [9.17, 15) is 4.79 Å². The van der Waals surface area contributed by atoms with Gasteiger partial charge in [-0.2, -0.15) is 0 Å². The first-order valence-corrected chi connectivity index (χ1v) is 7.75. The zero-order valence-electron chi connectivity index (χ0n) is 10.7. The van der Waals surface area contributed by atoms with E-state index in [0.717, 1.165) is 16.3 Å². The highest BCUT2D eigenvalue weighted by Gasteiger charge is 2.12. The number of nitrogens with zero attached hydrogens (tertiary/aromatic N) is 1. The third kappa shape index (κ3) is 3.71. The summed E-state index contributed by atoms with van der Waals surface area (Å²) in [7, 11) is 0. The summed E-state index contributed by atoms with van der Waals surface area (Å²) >= 11 is 4.95. The highest BCUT2D eigenvalue weighted by atomic mass is 79.9. The molecule has 2 aromatic rings. The zero-order valence-corrected chi connectivity index (χ0v) is 13.1. The van der Waals surface area contributed by atoms with Crippen LogP contribution in [0.2, 0.25) is 0 Å². The molecular formula is C15H13BrN2OS. The molecule has 0 radical (unpaired) electrons. The van der Waals surface area contributed by atoms with E-state index >= 15 is 0 Å². The lowest BCUT2D eigenvalue weighted by Crippen LogP contribution is -2.14. The van der Waals surface area contributed by atoms with Crippen LogP contribution in [0.15, 0.2) is 64.6 Å². The van der Waals surface area contributed by atoms with Gasteiger partial charge in [-0.3, -0.25) is 4.79 Å². The van der Waals surface area contributed by atoms with Crippen LogP contribution in [0.5, 0.6) is 0 Å². The van der Waals surface area contributed by atoms with Crippen molar-refractivity contribution in [1.82, 2.24) is 4.98 Å². The molecular weight excluding hydrogens is 336 g/mol. The van der Waals surface area contributed by atoms with E-state index in [1.54, 1.807) is 30.1 Å². The summed E-state index contributed by atoms with van der Waals surface area (Å²) in [5.74, 6) is 0.560. The number of hydrogen-bond acceptors (Lipinski definition) is 3. The molecule has 0 bridgehead atoms. The number of benzene rings is 1. The second kappa shape index (κ2) is 7.26. The van der Waals surface area contributed by atoms with Crippen molar-refractivity contribution < 1.29 is 4.79 Å². The molecule has 0 aliphatic rings. The fourth-order valence-corrected chi connectivity index (χ4v) is 2.76. The van der Waals surface area contributed by atoms with Gasteiger partial charge in [0, 0.05) is 21.3 Å². The Morgan fingerprint density at radius 2 is 2.15 bits per heavy atom. The van der Waals surface area contributed by atoms with Gasteiger partial charge in [-0.25, -0.2) is 4.98 Å². The molecule has 0 saturated heterocycles. The topological polar surface area (TPSA) is 42.0 Å². The fourth-order valence-electron chi connectivity index (χ4n) is 1.58. The quantitative estimate of drug-likeness (QED) is 0.644. The summed E-state index contributed by atoms with van der Waals surface area (Å²) in [6.45, 7) is 3.70. The lowest BCUT2D eigenvalue weighted by atomic mass is 10.3. The number of anilines is 1. The number of thioether (sulfide) groups is 1. The average molecular weight is 349 g/mol. The Kier molecular flexibility index (Phi) is 5.38. The number of pyridine rings is 1. The van der Waals surface area contributed by atoms with Crippen molar-refractivity contribution in [3.05, 3.63) is 65.4 Å². The maximum Gasteiger partial charge on any atom is 0.275 e. The van der Waals surface area contributed by atoms with Crippen LogP contribution in [0.25, 0.3) is 0 Å². The highest BCUT2D eigenvalue weighted by molar-refractivity contribution is 9.10. The Morgan fingerprint density at radius 3 is 2.90 bits per heavy atom. The van der Waals surface area contributed by atoms with Crippen molar-refractivity contribution in [2.75, 3.05) is 11.1 Å². The van der Waals surface area contributed by atoms with Gasteiger partial charge in [-0.1, -0.05) is 18.2 Å². The van der Waals surface area contributed by atoms with E-state index in [-0.39, 0.29) is 5.91 Å². The smallest absolute Gasteiger partial charge is 0.275 e. The molecule has 0 aliphatic carbocycles. The minimum Gasteiger partial charge on any atom is -0.320 e. The van der Waals surface area contributed by atoms with Crippen molar-refractivity contribution in [1.29, 1.82) is 0 Å². The maximum atomic E-state index is 12.2. The second-order valence-corrected chi connectivity index (χ2v) is 5.80. The van der Waals surface area contributed by atoms with Gasteiger partial charge in [0.1, 0.15) is 5.69 Å². The molecule has 0 fully saturated rings. The molecule has 0 atom stereocenters. The molecule has 1 heterocycles. The van der Waals surface area contributed by atoms with Crippen molar-refractivity contribution in [3.8, 4) is 0 Å². The van der Waals surface area contributed by atoms with Gasteiger partial charge < -0.3 is 5.32 Å². The first kappa shape index (κ1) is 14.8. The van der Waals surface area contributed by atoms with E-state index in [1.165, 1.54) is 0 Å². The normalized spacial score (nSPS) is 10.1. The number of rotatable bonds is 5. The summed E-state index contributed by atoms with van der Waals surface area (Å²) in [6, 6.07) is 11.2. The van der Waals surface area contributed by atoms with Gasteiger partial charge in [0.05, 0.1) is 5.69 Å². The SMILES string of the molecule is C=CCSc1ccccc1NC(=O)c1ncccc1Br. The Bertz CT molecular complexity index is 631. The van der Waals surface area contributed by atoms with Gasteiger partial charge in [0.2, 0.25) is 0 Å². The fraction of sp³-hybridized carbons (Fsp3) is 0.0667. The molecule has 1 amide bonds. The lowest BCUT2D eigenvalue weighted by molar-refractivity contribution is 0.102. The average Bonchev–Trinajstić information content (AvgIpc) is 2.46. The summed E-state index contributed by atoms with van der Waals surface area (Å²) in [4.78, 5) is 17.3. The molecule has 1 aromatic heterocycles. The molecule has 0 saturated carbocycles. The summed E-state index contributed by atoms with van der Waals surface area (Å²) < 4.78 is 0.675. The number of nitrogens with one attached hydrogen (secondary N) is 1. The Morgan fingerprint density at radius 1 is 1.35 bits per heavy atom. The third-order valence-corrected chi connectivity index (χ3v) is 4.17. The van der Waals surface area contributed by atoms with Crippen LogP contribution in [-0.2, 0) is 0 Å². The predicted octanol–water partition coefficient (Wildman–Crippen LogP) is 4.37. The summed E-state index contributed by atoms with van der Waals surface area (Å²) in [5.41, 5.74) is 1.15. The number of aromatic nitrogens is 1. The minimum atomic E-state index is -0.232. The molecule has 0 aliphatic heterocycles. The van der Waals surface area contributed by atoms with Crippen LogP contribution >= 0.6 is 27.7 Å². The molecule has 0 spiro atoms. The van der Waals surface area contributed by atoms with Crippen molar-refractivity contribution in [3.63, 3.8) is 0 Å². The highest BCUT2D eigenvalue weighted by Crippen LogP contribution is 2.27. The van der Waals surface area contributed by atoms with Crippen LogP contribution < -0.4 is 5.32 Å². The van der Waals surface area contributed by atoms with E-state index in [0.29, 0.717) is 10.2 Å². The Hall–Kier alpha value is -1.59. The Labute approximate surface area is 130 Å². The Balaban J connectivity index is 2.20. The molecule has 2 rings (SSSR count). The van der Waals surface area contributed by atoms with Crippen LogP contribution in [-0.4, -0.2) is 16.6 Å². The number of para-hydroxylation sites is 1. The van der Waals surface area contributed by atoms with E-state index in [2.05, 4.69) is 32.8 Å². The van der Waals surface area contributed by atoms with Gasteiger partial charge in [-0.15, -0.1) is 18.3 Å². The first-order chi connectivity index (χ1) is 9.72. The third-order valence-electron chi connectivity index (χ3n) is 2.47. The summed E-state index contributed by atoms with van der Waals surface area (Å²) in [6.07, 6.45) is 3.43. The lowest BCUT2D eigenvalue weighted by Gasteiger charge is -2.10. The first-order valence-electron chi connectivity index (χ1n) is 5.97. The number of hydrogen-bond donors (Lipinski definition) is 1. The largest absolute Gasteiger partial charge is 0.320 e. The second-order valence-electron chi connectivity index (χ2n) is 3.88. The zero-order chi connectivity index (χ0) is 14.4. The molecule has 20 heavy (non-hydrogen) atoms. The minimum absolute atomic E-state index is 0.232. The van der Waals surface area contributed by atoms with Crippen LogP contribution in [0, 0.1) is 0 Å². The van der Waals surface area contributed by atoms with E-state index in [1.807, 2.05) is 30.3 Å². The van der Waals surface area contributed by atoms with E-state index in [4.69, 9.17) is 0 Å². The van der Waals surface area contributed by atoms with Gasteiger partial charge >= 0.3 is 0 Å². The van der Waals surface area contributed by atoms with Crippen LogP contribution in [0.1, 0.15) is 10.5 Å². The van der Waals surface area contributed by atoms with E-state index < -0.39 is 0 Å². The maximum absolute atomic E-state index is 12.2. The molecule has 1 aromatic carbocycles. The van der Waals surface area contributed by atoms with Crippen molar-refractivity contribution in [2.45, 2.75) is 4.90 Å². The van der Waals surface area contributed by atoms with Gasteiger partial charge in [0.15, 0.2) is 0 Å². The molecule has 3 nitrogen and oxygen atoms in total. The van der Waals surface area contributed by atoms with Crippen molar-refractivity contribution >= 4 is 39.3 Å². The van der Waals surface area contributed by atoms with Crippen molar-refractivity contribution in [2.24, 2.45) is 0 Å². The monoisotopic (exact) mass is 348 g/mol. The summed E-state index contributed by atoms with van der Waals surface area (Å²) in [5, 5.41) is 2.89. The number of carbonyl (C=O) groups excluding carboxylic acids is 1. The number of halogens is 1. The molecule has 5 heteroatoms. The van der Waals surface area contributed by atoms with Gasteiger partial charge in [0.25, 0.3) is 5.91 Å².